The Hall–Kier alpha value is -3.22. The van der Waals surface area contributed by atoms with E-state index in [9.17, 15) is 4.79 Å². The predicted octanol–water partition coefficient (Wildman–Crippen LogP) is 0.719. The van der Waals surface area contributed by atoms with E-state index in [-0.39, 0.29) is 23.5 Å². The molecule has 2 heterocycles. The van der Waals surface area contributed by atoms with Gasteiger partial charge < -0.3 is 26.8 Å². The van der Waals surface area contributed by atoms with E-state index in [1.54, 1.807) is 24.3 Å². The van der Waals surface area contributed by atoms with Crippen molar-refractivity contribution in [2.45, 2.75) is 18.5 Å². The molecule has 1 fully saturated rings. The minimum atomic E-state index is -0.654. The summed E-state index contributed by atoms with van der Waals surface area (Å²) in [5, 5.41) is 15.2. The van der Waals surface area contributed by atoms with Gasteiger partial charge in [0.25, 0.3) is 5.91 Å². The molecule has 9 nitrogen and oxygen atoms in total. The van der Waals surface area contributed by atoms with E-state index < -0.39 is 5.91 Å². The molecule has 9 heteroatoms. The van der Waals surface area contributed by atoms with Gasteiger partial charge in [0, 0.05) is 30.6 Å². The molecule has 1 aliphatic rings. The van der Waals surface area contributed by atoms with Crippen molar-refractivity contribution >= 4 is 23.4 Å². The van der Waals surface area contributed by atoms with Gasteiger partial charge in [0.05, 0.1) is 18.2 Å². The molecule has 6 N–H and O–H groups in total. The number of nitrogens with one attached hydrogen (secondary N) is 2. The maximum Gasteiger partial charge on any atom is 0.254 e. The van der Waals surface area contributed by atoms with Crippen molar-refractivity contribution in [2.24, 2.45) is 11.5 Å². The van der Waals surface area contributed by atoms with E-state index in [2.05, 4.69) is 26.7 Å². The third kappa shape index (κ3) is 4.05. The van der Waals surface area contributed by atoms with Crippen LogP contribution in [-0.2, 0) is 4.74 Å². The molecule has 134 valence electrons. The van der Waals surface area contributed by atoms with Crippen LogP contribution in [0.5, 0.6) is 0 Å². The lowest BCUT2D eigenvalue weighted by Crippen LogP contribution is -2.47. The molecule has 1 aliphatic heterocycles. The molecular weight excluding hydrogens is 334 g/mol. The Morgan fingerprint density at radius 3 is 3.00 bits per heavy atom. The van der Waals surface area contributed by atoms with Crippen LogP contribution in [0.1, 0.15) is 22.3 Å². The van der Waals surface area contributed by atoms with Gasteiger partial charge in [0.2, 0.25) is 5.95 Å². The molecule has 1 amide bonds. The number of hydrogen-bond donors (Lipinski definition) is 4. The lowest BCUT2D eigenvalue weighted by molar-refractivity contribution is 0.0751. The summed E-state index contributed by atoms with van der Waals surface area (Å²) >= 11 is 0. The second-order valence-electron chi connectivity index (χ2n) is 5.92. The van der Waals surface area contributed by atoms with Crippen LogP contribution >= 0.6 is 0 Å². The molecular formula is C17H19N7O2. The van der Waals surface area contributed by atoms with Crippen molar-refractivity contribution in [1.29, 1.82) is 5.26 Å². The number of anilines is 3. The largest absolute Gasteiger partial charge is 0.380 e. The monoisotopic (exact) mass is 353 g/mol. The van der Waals surface area contributed by atoms with E-state index >= 15 is 0 Å². The second-order valence-corrected chi connectivity index (χ2v) is 5.92. The third-order valence-electron chi connectivity index (χ3n) is 4.02. The second kappa shape index (κ2) is 7.77. The van der Waals surface area contributed by atoms with Gasteiger partial charge in [-0.05, 0) is 24.6 Å². The SMILES string of the molecule is N#Cc1cccc(Nc2nc(N[C@@H]3CCOC[C@@H]3N)ncc2C(N)=O)c1. The third-order valence-corrected chi connectivity index (χ3v) is 4.02. The predicted molar refractivity (Wildman–Crippen MR) is 95.8 cm³/mol. The quantitative estimate of drug-likeness (QED) is 0.613. The average molecular weight is 353 g/mol. The number of hydrogen-bond acceptors (Lipinski definition) is 8. The van der Waals surface area contributed by atoms with Gasteiger partial charge in [-0.1, -0.05) is 6.07 Å². The number of aromatic nitrogens is 2. The number of nitriles is 1. The summed E-state index contributed by atoms with van der Waals surface area (Å²) in [4.78, 5) is 20.2. The molecule has 0 radical (unpaired) electrons. The van der Waals surface area contributed by atoms with Crippen LogP contribution in [0, 0.1) is 11.3 Å². The van der Waals surface area contributed by atoms with E-state index in [1.807, 2.05) is 0 Å². The van der Waals surface area contributed by atoms with Crippen molar-refractivity contribution in [3.05, 3.63) is 41.6 Å². The summed E-state index contributed by atoms with van der Waals surface area (Å²) in [7, 11) is 0. The number of carbonyl (C=O) groups excluding carboxylic acids is 1. The van der Waals surface area contributed by atoms with Crippen LogP contribution < -0.4 is 22.1 Å². The molecule has 0 spiro atoms. The van der Waals surface area contributed by atoms with Crippen molar-refractivity contribution in [2.75, 3.05) is 23.8 Å². The first-order valence-electron chi connectivity index (χ1n) is 8.10. The summed E-state index contributed by atoms with van der Waals surface area (Å²) in [5.41, 5.74) is 12.7. The molecule has 26 heavy (non-hydrogen) atoms. The zero-order chi connectivity index (χ0) is 18.5. The summed E-state index contributed by atoms with van der Waals surface area (Å²) in [5.74, 6) is -0.0692. The molecule has 2 aromatic rings. The number of nitrogens with zero attached hydrogens (tertiary/aromatic N) is 3. The van der Waals surface area contributed by atoms with Crippen molar-refractivity contribution < 1.29 is 9.53 Å². The van der Waals surface area contributed by atoms with Gasteiger partial charge >= 0.3 is 0 Å². The van der Waals surface area contributed by atoms with Gasteiger partial charge in [-0.2, -0.15) is 10.2 Å². The fourth-order valence-corrected chi connectivity index (χ4v) is 2.64. The molecule has 0 aliphatic carbocycles. The number of ether oxygens (including phenoxy) is 1. The summed E-state index contributed by atoms with van der Waals surface area (Å²) in [6.45, 7) is 1.07. The maximum absolute atomic E-state index is 11.7. The molecule has 1 aromatic carbocycles. The summed E-state index contributed by atoms with van der Waals surface area (Å²) in [6.07, 6.45) is 2.09. The fraction of sp³-hybridized carbons (Fsp3) is 0.294. The number of rotatable bonds is 5. The Balaban J connectivity index is 1.86. The zero-order valence-electron chi connectivity index (χ0n) is 14.0. The van der Waals surface area contributed by atoms with E-state index in [4.69, 9.17) is 21.5 Å². The first-order valence-corrected chi connectivity index (χ1v) is 8.10. The fourth-order valence-electron chi connectivity index (χ4n) is 2.64. The van der Waals surface area contributed by atoms with Crippen molar-refractivity contribution in [3.63, 3.8) is 0 Å². The zero-order valence-corrected chi connectivity index (χ0v) is 14.0. The Bertz CT molecular complexity index is 849. The highest BCUT2D eigenvalue weighted by Gasteiger charge is 2.23. The molecule has 2 atom stereocenters. The first-order chi connectivity index (χ1) is 12.6. The summed E-state index contributed by atoms with van der Waals surface area (Å²) < 4.78 is 5.32. The van der Waals surface area contributed by atoms with Crippen LogP contribution in [0.3, 0.4) is 0 Å². The van der Waals surface area contributed by atoms with Gasteiger partial charge in [-0.25, -0.2) is 4.98 Å². The molecule has 0 saturated carbocycles. The summed E-state index contributed by atoms with van der Waals surface area (Å²) in [6, 6.07) is 8.67. The first kappa shape index (κ1) is 17.6. The van der Waals surface area contributed by atoms with Gasteiger partial charge in [-0.15, -0.1) is 0 Å². The Kier molecular flexibility index (Phi) is 5.26. The molecule has 1 saturated heterocycles. The highest BCUT2D eigenvalue weighted by Crippen LogP contribution is 2.21. The minimum Gasteiger partial charge on any atom is -0.380 e. The highest BCUT2D eigenvalue weighted by molar-refractivity contribution is 5.98. The normalized spacial score (nSPS) is 19.4. The minimum absolute atomic E-state index is 0.0297. The van der Waals surface area contributed by atoms with Gasteiger partial charge in [0.1, 0.15) is 11.4 Å². The van der Waals surface area contributed by atoms with E-state index in [0.29, 0.717) is 30.4 Å². The van der Waals surface area contributed by atoms with Crippen LogP contribution in [0.25, 0.3) is 0 Å². The molecule has 1 aromatic heterocycles. The Morgan fingerprint density at radius 1 is 1.42 bits per heavy atom. The number of benzene rings is 1. The number of amides is 1. The standard InChI is InChI=1S/C17H19N7O2/c18-7-10-2-1-3-11(6-10)22-16-12(15(20)25)8-21-17(24-16)23-14-4-5-26-9-13(14)19/h1-3,6,8,13-14H,4-5,9,19H2,(H2,20,25)(H2,21,22,23,24)/t13-,14+/m0/s1. The van der Waals surface area contributed by atoms with Crippen LogP contribution in [0.2, 0.25) is 0 Å². The smallest absolute Gasteiger partial charge is 0.254 e. The van der Waals surface area contributed by atoms with Crippen LogP contribution in [0.15, 0.2) is 30.5 Å². The van der Waals surface area contributed by atoms with Crippen LogP contribution in [-0.4, -0.2) is 41.2 Å². The van der Waals surface area contributed by atoms with Crippen molar-refractivity contribution in [3.8, 4) is 6.07 Å². The average Bonchev–Trinajstić information content (AvgIpc) is 2.64. The van der Waals surface area contributed by atoms with Gasteiger partial charge in [-0.3, -0.25) is 4.79 Å². The van der Waals surface area contributed by atoms with Crippen molar-refractivity contribution in [1.82, 2.24) is 9.97 Å². The Morgan fingerprint density at radius 2 is 2.27 bits per heavy atom. The highest BCUT2D eigenvalue weighted by atomic mass is 16.5. The maximum atomic E-state index is 11.7. The molecule has 0 bridgehead atoms. The van der Waals surface area contributed by atoms with Crippen LogP contribution in [0.4, 0.5) is 17.5 Å². The number of nitrogens with two attached hydrogens (primary N) is 2. The molecule has 3 rings (SSSR count). The lowest BCUT2D eigenvalue weighted by atomic mass is 10.1. The number of primary amides is 1. The topological polar surface area (TPSA) is 152 Å². The Labute approximate surface area is 150 Å². The molecule has 0 unspecified atom stereocenters. The van der Waals surface area contributed by atoms with E-state index in [0.717, 1.165) is 6.42 Å². The lowest BCUT2D eigenvalue weighted by Gasteiger charge is -2.29. The number of carbonyl (C=O) groups is 1. The van der Waals surface area contributed by atoms with Gasteiger partial charge in [0.15, 0.2) is 0 Å². The van der Waals surface area contributed by atoms with E-state index in [1.165, 1.54) is 6.20 Å².